The van der Waals surface area contributed by atoms with Gasteiger partial charge in [0.25, 0.3) is 0 Å². The zero-order chi connectivity index (χ0) is 22.3. The first-order valence-corrected chi connectivity index (χ1v) is 12.0. The monoisotopic (exact) mass is 434 g/mol. The molecule has 160 valence electrons. The highest BCUT2D eigenvalue weighted by molar-refractivity contribution is 5.93. The van der Waals surface area contributed by atoms with E-state index in [4.69, 9.17) is 4.74 Å². The minimum atomic E-state index is -0.306. The first-order valence-electron chi connectivity index (χ1n) is 12.0. The summed E-state index contributed by atoms with van der Waals surface area (Å²) in [6.07, 6.45) is 4.65. The third kappa shape index (κ3) is 2.11. The summed E-state index contributed by atoms with van der Waals surface area (Å²) >= 11 is 0. The first-order chi connectivity index (χ1) is 16.9. The molecule has 34 heavy (non-hydrogen) atoms. The van der Waals surface area contributed by atoms with Gasteiger partial charge in [0, 0.05) is 22.4 Å². The summed E-state index contributed by atoms with van der Waals surface area (Å²) in [6.45, 7) is 0. The van der Waals surface area contributed by atoms with Crippen molar-refractivity contribution < 1.29 is 4.74 Å². The van der Waals surface area contributed by atoms with Gasteiger partial charge in [-0.15, -0.1) is 0 Å². The molecule has 5 aromatic rings. The normalized spacial score (nSPS) is 20.1. The van der Waals surface area contributed by atoms with Crippen LogP contribution >= 0.6 is 0 Å². The van der Waals surface area contributed by atoms with Crippen LogP contribution in [0.3, 0.4) is 0 Å². The topological polar surface area (TPSA) is 9.23 Å². The summed E-state index contributed by atoms with van der Waals surface area (Å²) in [7, 11) is 0. The van der Waals surface area contributed by atoms with Crippen molar-refractivity contribution in [3.8, 4) is 16.9 Å². The summed E-state index contributed by atoms with van der Waals surface area (Å²) in [4.78, 5) is 0. The molecule has 0 radical (unpaired) electrons. The molecule has 2 aliphatic carbocycles. The average molecular weight is 435 g/mol. The lowest BCUT2D eigenvalue weighted by molar-refractivity contribution is 0.105. The van der Waals surface area contributed by atoms with Gasteiger partial charge in [0.05, 0.1) is 5.41 Å². The number of benzene rings is 5. The van der Waals surface area contributed by atoms with E-state index < -0.39 is 0 Å². The zero-order valence-electron chi connectivity index (χ0n) is 18.6. The van der Waals surface area contributed by atoms with Gasteiger partial charge in [-0.25, -0.2) is 0 Å². The molecule has 1 heterocycles. The summed E-state index contributed by atoms with van der Waals surface area (Å²) in [5.74, 6) is 1.18. The summed E-state index contributed by atoms with van der Waals surface area (Å²) in [5, 5.41) is 2.40. The lowest BCUT2D eigenvalue weighted by Gasteiger charge is -2.49. The minimum Gasteiger partial charge on any atom is -0.484 e. The van der Waals surface area contributed by atoms with Crippen molar-refractivity contribution in [2.75, 3.05) is 0 Å². The first kappa shape index (κ1) is 18.3. The Morgan fingerprint density at radius 1 is 0.588 bits per heavy atom. The fourth-order valence-electron chi connectivity index (χ4n) is 6.84. The maximum Gasteiger partial charge on any atom is 0.132 e. The third-order valence-corrected chi connectivity index (χ3v) is 8.16. The number of rotatable bonds is 0. The van der Waals surface area contributed by atoms with E-state index in [-0.39, 0.29) is 17.4 Å². The van der Waals surface area contributed by atoms with Crippen LogP contribution in [-0.4, -0.2) is 0 Å². The van der Waals surface area contributed by atoms with Crippen molar-refractivity contribution >= 4 is 16.8 Å². The molecule has 8 rings (SSSR count). The number of fused-ring (bicyclic) bond motifs is 13. The van der Waals surface area contributed by atoms with E-state index in [1.54, 1.807) is 0 Å². The van der Waals surface area contributed by atoms with E-state index in [9.17, 15) is 0 Å². The zero-order valence-corrected chi connectivity index (χ0v) is 18.6. The Labute approximate surface area is 199 Å². The highest BCUT2D eigenvalue weighted by Crippen LogP contribution is 2.65. The number of hydrogen-bond acceptors (Lipinski definition) is 1. The van der Waals surface area contributed by atoms with Crippen LogP contribution in [0, 0.1) is 5.92 Å². The molecule has 5 aromatic carbocycles. The van der Waals surface area contributed by atoms with Gasteiger partial charge < -0.3 is 4.74 Å². The van der Waals surface area contributed by atoms with Crippen molar-refractivity contribution in [1.29, 1.82) is 0 Å². The third-order valence-electron chi connectivity index (χ3n) is 8.16. The highest BCUT2D eigenvalue weighted by Gasteiger charge is 2.57. The molecular formula is C33H22O. The molecule has 0 saturated heterocycles. The van der Waals surface area contributed by atoms with Crippen LogP contribution in [0.1, 0.15) is 33.9 Å². The van der Waals surface area contributed by atoms with Crippen molar-refractivity contribution in [3.05, 3.63) is 143 Å². The van der Waals surface area contributed by atoms with Crippen LogP contribution in [0.2, 0.25) is 0 Å². The second kappa shape index (κ2) is 6.48. The molecule has 0 saturated carbocycles. The molecule has 0 amide bonds. The van der Waals surface area contributed by atoms with E-state index in [1.807, 2.05) is 0 Å². The standard InChI is InChI=1S/C33H22O/c1-3-11-23-21(9-1)17-19-29-31(23)34-32-24-12-4-2-10-22(24)18-20-30(32)33(29)27-15-7-5-13-25(27)26-14-6-8-16-28(26)33/h1-20,29,31H. The summed E-state index contributed by atoms with van der Waals surface area (Å²) < 4.78 is 7.04. The van der Waals surface area contributed by atoms with Gasteiger partial charge in [-0.05, 0) is 33.2 Å². The molecule has 1 heteroatoms. The lowest BCUT2D eigenvalue weighted by atomic mass is 9.58. The van der Waals surface area contributed by atoms with Gasteiger partial charge in [0.2, 0.25) is 0 Å². The predicted octanol–water partition coefficient (Wildman–Crippen LogP) is 7.93. The number of ether oxygens (including phenoxy) is 1. The molecule has 3 aliphatic rings. The van der Waals surface area contributed by atoms with Crippen LogP contribution in [-0.2, 0) is 5.41 Å². The highest BCUT2D eigenvalue weighted by atomic mass is 16.5. The van der Waals surface area contributed by atoms with Gasteiger partial charge in [-0.3, -0.25) is 0 Å². The Balaban J connectivity index is 1.56. The van der Waals surface area contributed by atoms with Crippen molar-refractivity contribution in [1.82, 2.24) is 0 Å². The second-order valence-corrected chi connectivity index (χ2v) is 9.61. The van der Waals surface area contributed by atoms with Crippen LogP contribution in [0.25, 0.3) is 28.0 Å². The van der Waals surface area contributed by atoms with Crippen molar-refractivity contribution in [2.45, 2.75) is 11.5 Å². The summed E-state index contributed by atoms with van der Waals surface area (Å²) in [5.41, 5.74) is 8.94. The van der Waals surface area contributed by atoms with Crippen molar-refractivity contribution in [2.24, 2.45) is 5.92 Å². The van der Waals surface area contributed by atoms with Gasteiger partial charge in [0.15, 0.2) is 0 Å². The van der Waals surface area contributed by atoms with Crippen LogP contribution < -0.4 is 4.74 Å². The number of hydrogen-bond donors (Lipinski definition) is 0. The molecule has 0 bridgehead atoms. The SMILES string of the molecule is C1=CC2C(Oc3c(ccc4ccccc34)C23c2ccccc2-c2ccccc23)c2ccccc21. The maximum absolute atomic E-state index is 7.04. The van der Waals surface area contributed by atoms with Crippen LogP contribution in [0.15, 0.2) is 115 Å². The molecule has 1 spiro atoms. The molecule has 0 N–H and O–H groups in total. The van der Waals surface area contributed by atoms with E-state index in [0.717, 1.165) is 5.75 Å². The molecular weight excluding hydrogens is 412 g/mol. The fourth-order valence-corrected chi connectivity index (χ4v) is 6.84. The Bertz CT molecular complexity index is 1610. The lowest BCUT2D eigenvalue weighted by Crippen LogP contribution is -2.45. The molecule has 0 aromatic heterocycles. The van der Waals surface area contributed by atoms with E-state index >= 15 is 0 Å². The summed E-state index contributed by atoms with van der Waals surface area (Å²) in [6, 6.07) is 39.9. The predicted molar refractivity (Wildman–Crippen MR) is 138 cm³/mol. The van der Waals surface area contributed by atoms with Gasteiger partial charge in [-0.1, -0.05) is 121 Å². The smallest absolute Gasteiger partial charge is 0.132 e. The fraction of sp³-hybridized carbons (Fsp3) is 0.0909. The molecule has 2 unspecified atom stereocenters. The quantitative estimate of drug-likeness (QED) is 0.240. The Hall–Kier alpha value is -4.10. The minimum absolute atomic E-state index is 0.0567. The Kier molecular flexibility index (Phi) is 3.50. The Morgan fingerprint density at radius 2 is 1.26 bits per heavy atom. The van der Waals surface area contributed by atoms with Crippen LogP contribution in [0.5, 0.6) is 5.75 Å². The van der Waals surface area contributed by atoms with Crippen molar-refractivity contribution in [3.63, 3.8) is 0 Å². The second-order valence-electron chi connectivity index (χ2n) is 9.61. The van der Waals surface area contributed by atoms with Gasteiger partial charge >= 0.3 is 0 Å². The molecule has 1 nitrogen and oxygen atoms in total. The van der Waals surface area contributed by atoms with Gasteiger partial charge in [-0.2, -0.15) is 0 Å². The Morgan fingerprint density at radius 3 is 2.09 bits per heavy atom. The van der Waals surface area contributed by atoms with Gasteiger partial charge in [0.1, 0.15) is 11.9 Å². The van der Waals surface area contributed by atoms with E-state index in [0.29, 0.717) is 0 Å². The van der Waals surface area contributed by atoms with Crippen LogP contribution in [0.4, 0.5) is 0 Å². The molecule has 0 fully saturated rings. The largest absolute Gasteiger partial charge is 0.484 e. The van der Waals surface area contributed by atoms with E-state index in [1.165, 1.54) is 49.7 Å². The molecule has 1 aliphatic heterocycles. The molecule has 2 atom stereocenters. The average Bonchev–Trinajstić information content (AvgIpc) is 3.20. The van der Waals surface area contributed by atoms with E-state index in [2.05, 4.69) is 121 Å². The maximum atomic E-state index is 7.04.